The minimum atomic E-state index is 0. The van der Waals surface area contributed by atoms with Crippen molar-refractivity contribution < 1.29 is 20.4 Å². The van der Waals surface area contributed by atoms with Crippen molar-refractivity contribution in [3.05, 3.63) is 71.2 Å². The van der Waals surface area contributed by atoms with Gasteiger partial charge < -0.3 is 22.9 Å². The van der Waals surface area contributed by atoms with Crippen molar-refractivity contribution in [2.45, 2.75) is 86.0 Å². The van der Waals surface area contributed by atoms with Crippen LogP contribution in [0.15, 0.2) is 42.7 Å². The fraction of sp³-hybridized carbons (Fsp3) is 0.630. The van der Waals surface area contributed by atoms with Crippen LogP contribution in [-0.2, 0) is 20.4 Å². The average molecular weight is 645 g/mol. The maximum Gasteiger partial charge on any atom is 4.00 e. The molecule has 0 saturated heterocycles. The molecule has 195 valence electrons. The monoisotopic (exact) mass is 645 g/mol. The van der Waals surface area contributed by atoms with Gasteiger partial charge in [0.05, 0.1) is 11.4 Å². The van der Waals surface area contributed by atoms with Crippen molar-refractivity contribution >= 4 is 0 Å². The van der Waals surface area contributed by atoms with Gasteiger partial charge in [-0.05, 0) is 36.8 Å². The molecule has 4 N–H and O–H groups in total. The van der Waals surface area contributed by atoms with Crippen LogP contribution in [0.25, 0.3) is 34.3 Å². The number of aryl methyl sites for hydroxylation is 1. The van der Waals surface area contributed by atoms with Crippen LogP contribution >= 0.6 is 0 Å². The molecule has 0 aliphatic heterocycles. The Morgan fingerprint density at radius 3 is 1.26 bits per heavy atom. The van der Waals surface area contributed by atoms with E-state index in [0.29, 0.717) is 26.2 Å². The van der Waals surface area contributed by atoms with E-state index in [1.165, 1.54) is 5.56 Å². The summed E-state index contributed by atoms with van der Waals surface area (Å²) >= 11 is 0. The van der Waals surface area contributed by atoms with Gasteiger partial charge in [-0.2, -0.15) is 26.2 Å². The first-order chi connectivity index (χ1) is 16.0. The van der Waals surface area contributed by atoms with Gasteiger partial charge in [0.25, 0.3) is 0 Å². The molecule has 2 heterocycles. The number of rotatable bonds is 9. The number of hydrogen-bond acceptors (Lipinski definition) is 2. The van der Waals surface area contributed by atoms with Gasteiger partial charge in [0, 0.05) is 12.4 Å². The van der Waals surface area contributed by atoms with Gasteiger partial charge in [0.1, 0.15) is 0 Å². The standard InChI is InChI=1S/C11H10N2.4C4H10N.Re/c1-9-5-7-13-11(8-9)10-4-2-3-6-12-10;4*1-2-3-4-5;/h2-8H,1H3;4*5H,2-4H2,1H3;/q;4*-1;+4. The van der Waals surface area contributed by atoms with E-state index in [1.54, 1.807) is 12.4 Å². The SMILES string of the molecule is CCCC[NH-].CCCC[NH-].CCCC[NH-].CCCC[NH-].Cc1ccnc(-c2ccccn2)c1.[Re+4]. The molecule has 0 bridgehead atoms. The second kappa shape index (κ2) is 36.4. The Labute approximate surface area is 224 Å². The molecule has 2 aromatic heterocycles. The predicted molar refractivity (Wildman–Crippen MR) is 149 cm³/mol. The molecule has 0 aliphatic rings. The molecule has 7 heteroatoms. The number of nitrogens with zero attached hydrogens (tertiary/aromatic N) is 2. The molecular formula is C27H50N6Re. The summed E-state index contributed by atoms with van der Waals surface area (Å²) in [6.07, 6.45) is 12.4. The summed E-state index contributed by atoms with van der Waals surface area (Å²) in [5.41, 5.74) is 29.5. The zero-order valence-corrected chi connectivity index (χ0v) is 25.0. The summed E-state index contributed by atoms with van der Waals surface area (Å²) in [5.74, 6) is 0. The third kappa shape index (κ3) is 33.0. The van der Waals surface area contributed by atoms with Gasteiger partial charge in [0.2, 0.25) is 0 Å². The third-order valence-corrected chi connectivity index (χ3v) is 3.96. The Bertz CT molecular complexity index is 552. The summed E-state index contributed by atoms with van der Waals surface area (Å²) in [6.45, 7) is 12.8. The van der Waals surface area contributed by atoms with Gasteiger partial charge in [-0.25, -0.2) is 0 Å². The minimum absolute atomic E-state index is 0. The van der Waals surface area contributed by atoms with Crippen molar-refractivity contribution in [2.75, 3.05) is 26.2 Å². The molecule has 6 nitrogen and oxygen atoms in total. The Balaban J connectivity index is -0.000000183. The summed E-state index contributed by atoms with van der Waals surface area (Å²) < 4.78 is 0. The minimum Gasteiger partial charge on any atom is -0.677 e. The summed E-state index contributed by atoms with van der Waals surface area (Å²) in [7, 11) is 0. The van der Waals surface area contributed by atoms with E-state index in [0.717, 1.165) is 62.8 Å². The van der Waals surface area contributed by atoms with Crippen LogP contribution in [0.1, 0.15) is 84.6 Å². The van der Waals surface area contributed by atoms with Crippen molar-refractivity contribution in [1.82, 2.24) is 9.97 Å². The predicted octanol–water partition coefficient (Wildman–Crippen LogP) is 9.80. The summed E-state index contributed by atoms with van der Waals surface area (Å²) in [4.78, 5) is 8.47. The van der Waals surface area contributed by atoms with Crippen LogP contribution in [0.2, 0.25) is 0 Å². The Hall–Kier alpha value is -1.20. The van der Waals surface area contributed by atoms with E-state index < -0.39 is 0 Å². The maximum atomic E-state index is 6.60. The summed E-state index contributed by atoms with van der Waals surface area (Å²) in [5, 5.41) is 0. The quantitative estimate of drug-likeness (QED) is 0.270. The maximum absolute atomic E-state index is 6.60. The zero-order chi connectivity index (χ0) is 25.6. The second-order valence-corrected chi connectivity index (χ2v) is 7.35. The van der Waals surface area contributed by atoms with Gasteiger partial charge in [-0.3, -0.25) is 9.97 Å². The molecule has 0 fully saturated rings. The molecule has 2 aromatic rings. The molecule has 0 spiro atoms. The molecule has 0 atom stereocenters. The molecule has 2 rings (SSSR count). The topological polar surface area (TPSA) is 121 Å². The Morgan fingerprint density at radius 1 is 0.588 bits per heavy atom. The van der Waals surface area contributed by atoms with Crippen molar-refractivity contribution in [3.8, 4) is 11.4 Å². The smallest absolute Gasteiger partial charge is 0.677 e. The van der Waals surface area contributed by atoms with E-state index in [9.17, 15) is 0 Å². The van der Waals surface area contributed by atoms with Crippen LogP contribution in [0.4, 0.5) is 0 Å². The zero-order valence-electron chi connectivity index (χ0n) is 22.3. The second-order valence-electron chi connectivity index (χ2n) is 7.35. The first-order valence-corrected chi connectivity index (χ1v) is 12.4. The van der Waals surface area contributed by atoms with Crippen LogP contribution in [0.3, 0.4) is 0 Å². The summed E-state index contributed by atoms with van der Waals surface area (Å²) in [6, 6.07) is 9.84. The first-order valence-electron chi connectivity index (χ1n) is 12.4. The molecule has 34 heavy (non-hydrogen) atoms. The average Bonchev–Trinajstić information content (AvgIpc) is 2.83. The van der Waals surface area contributed by atoms with Crippen molar-refractivity contribution in [3.63, 3.8) is 0 Å². The number of aromatic nitrogens is 2. The Morgan fingerprint density at radius 2 is 1.00 bits per heavy atom. The Kier molecular flexibility index (Phi) is 42.8. The van der Waals surface area contributed by atoms with E-state index in [1.807, 2.05) is 37.3 Å². The molecule has 1 radical (unpaired) electrons. The molecular weight excluding hydrogens is 595 g/mol. The fourth-order valence-corrected chi connectivity index (χ4v) is 1.90. The third-order valence-electron chi connectivity index (χ3n) is 3.96. The molecule has 0 unspecified atom stereocenters. The number of nitrogens with one attached hydrogen (secondary N) is 4. The normalized spacial score (nSPS) is 8.74. The van der Waals surface area contributed by atoms with Crippen LogP contribution in [-0.4, -0.2) is 36.1 Å². The van der Waals surface area contributed by atoms with Gasteiger partial charge >= 0.3 is 20.4 Å². The van der Waals surface area contributed by atoms with E-state index in [4.69, 9.17) is 22.9 Å². The van der Waals surface area contributed by atoms with Crippen LogP contribution < -0.4 is 0 Å². The van der Waals surface area contributed by atoms with Gasteiger partial charge in [-0.15, -0.1) is 0 Å². The largest absolute Gasteiger partial charge is 4.00 e. The van der Waals surface area contributed by atoms with Crippen molar-refractivity contribution in [2.24, 2.45) is 0 Å². The van der Waals surface area contributed by atoms with Crippen LogP contribution in [0.5, 0.6) is 0 Å². The molecule has 0 aliphatic carbocycles. The molecule has 0 amide bonds. The van der Waals surface area contributed by atoms with Crippen molar-refractivity contribution in [1.29, 1.82) is 0 Å². The number of unbranched alkanes of at least 4 members (excludes halogenated alkanes) is 4. The van der Waals surface area contributed by atoms with E-state index >= 15 is 0 Å². The molecule has 0 saturated carbocycles. The number of pyridine rings is 2. The van der Waals surface area contributed by atoms with E-state index in [-0.39, 0.29) is 20.4 Å². The van der Waals surface area contributed by atoms with Gasteiger partial charge in [0.15, 0.2) is 0 Å². The van der Waals surface area contributed by atoms with E-state index in [2.05, 4.69) is 37.7 Å². The first kappa shape index (κ1) is 40.0. The molecule has 0 aromatic carbocycles. The fourth-order valence-electron chi connectivity index (χ4n) is 1.90. The number of hydrogen-bond donors (Lipinski definition) is 0. The van der Waals surface area contributed by atoms with Gasteiger partial charge in [-0.1, -0.05) is 85.1 Å². The van der Waals surface area contributed by atoms with Crippen LogP contribution in [0, 0.1) is 6.92 Å².